The third-order valence-electron chi connectivity index (χ3n) is 4.56. The van der Waals surface area contributed by atoms with Gasteiger partial charge in [-0.05, 0) is 29.7 Å². The van der Waals surface area contributed by atoms with Crippen molar-refractivity contribution in [2.24, 2.45) is 0 Å². The molecule has 0 spiro atoms. The second-order valence-electron chi connectivity index (χ2n) is 6.26. The molecule has 1 unspecified atom stereocenters. The van der Waals surface area contributed by atoms with Crippen LogP contribution in [-0.2, 0) is 6.54 Å². The van der Waals surface area contributed by atoms with E-state index in [1.165, 1.54) is 13.0 Å². The van der Waals surface area contributed by atoms with Crippen molar-refractivity contribution in [3.63, 3.8) is 0 Å². The van der Waals surface area contributed by atoms with Crippen LogP contribution in [0.1, 0.15) is 22.6 Å². The van der Waals surface area contributed by atoms with Crippen LogP contribution < -0.4 is 0 Å². The summed E-state index contributed by atoms with van der Waals surface area (Å²) < 4.78 is 27.7. The third kappa shape index (κ3) is 3.28. The van der Waals surface area contributed by atoms with Crippen LogP contribution in [0.4, 0.5) is 8.78 Å². The Kier molecular flexibility index (Phi) is 4.57. The van der Waals surface area contributed by atoms with Gasteiger partial charge >= 0.3 is 0 Å². The molecule has 0 aliphatic carbocycles. The quantitative estimate of drug-likeness (QED) is 0.636. The van der Waals surface area contributed by atoms with E-state index in [1.807, 2.05) is 35.2 Å². The van der Waals surface area contributed by atoms with Crippen molar-refractivity contribution in [2.45, 2.75) is 25.4 Å². The van der Waals surface area contributed by atoms with E-state index in [1.54, 1.807) is 0 Å². The molecule has 0 bridgehead atoms. The van der Waals surface area contributed by atoms with Crippen molar-refractivity contribution < 1.29 is 13.7 Å². The van der Waals surface area contributed by atoms with Crippen LogP contribution in [0.5, 0.6) is 0 Å². The molecule has 2 atom stereocenters. The molecule has 1 saturated heterocycles. The van der Waals surface area contributed by atoms with Crippen molar-refractivity contribution in [1.29, 1.82) is 0 Å². The van der Waals surface area contributed by atoms with Gasteiger partial charge in [-0.3, -0.25) is 15.0 Å². The maximum atomic E-state index is 14.2. The van der Waals surface area contributed by atoms with E-state index in [4.69, 9.17) is 0 Å². The van der Waals surface area contributed by atoms with Gasteiger partial charge in [0.25, 0.3) is 0 Å². The second-order valence-corrected chi connectivity index (χ2v) is 6.26. The first-order valence-corrected chi connectivity index (χ1v) is 7.81. The standard InChI is InChI=1S/C18H18F2N2O2/c1-12-7-14(17(20)8-16(12)19)15-10-21(11-18(15)22(23)24)9-13-5-3-2-4-6-13/h2-8,15,18H,9-11H2,1H3/t15?,18-/m1/s1. The Bertz CT molecular complexity index is 752. The van der Waals surface area contributed by atoms with Gasteiger partial charge in [-0.1, -0.05) is 30.3 Å². The van der Waals surface area contributed by atoms with Crippen molar-refractivity contribution in [3.05, 3.63) is 80.9 Å². The van der Waals surface area contributed by atoms with Crippen LogP contribution in [0.2, 0.25) is 0 Å². The van der Waals surface area contributed by atoms with Gasteiger partial charge in [-0.2, -0.15) is 0 Å². The SMILES string of the molecule is Cc1cc(C2CN(Cc3ccccc3)C[C@H]2[N+](=O)[O-])c(F)cc1F. The summed E-state index contributed by atoms with van der Waals surface area (Å²) in [5.41, 5.74) is 1.58. The molecule has 0 amide bonds. The molecule has 0 saturated carbocycles. The van der Waals surface area contributed by atoms with E-state index in [9.17, 15) is 18.9 Å². The first kappa shape index (κ1) is 16.5. The largest absolute Gasteiger partial charge is 0.292 e. The number of halogens is 2. The molecule has 1 heterocycles. The number of nitrogens with zero attached hydrogens (tertiary/aromatic N) is 2. The maximum absolute atomic E-state index is 14.2. The Hall–Kier alpha value is -2.34. The third-order valence-corrected chi connectivity index (χ3v) is 4.56. The highest BCUT2D eigenvalue weighted by Gasteiger charge is 2.43. The van der Waals surface area contributed by atoms with Crippen LogP contribution in [0, 0.1) is 28.7 Å². The summed E-state index contributed by atoms with van der Waals surface area (Å²) in [6, 6.07) is 11.0. The zero-order valence-electron chi connectivity index (χ0n) is 13.3. The van der Waals surface area contributed by atoms with E-state index < -0.39 is 23.6 Å². The molecule has 1 fully saturated rings. The summed E-state index contributed by atoms with van der Waals surface area (Å²) in [6.45, 7) is 2.74. The molecular weight excluding hydrogens is 314 g/mol. The summed E-state index contributed by atoms with van der Waals surface area (Å²) >= 11 is 0. The smallest absolute Gasteiger partial charge is 0.233 e. The molecule has 1 aliphatic heterocycles. The average molecular weight is 332 g/mol. The minimum absolute atomic E-state index is 0.228. The van der Waals surface area contributed by atoms with Gasteiger partial charge in [0, 0.05) is 24.1 Å². The molecule has 24 heavy (non-hydrogen) atoms. The van der Waals surface area contributed by atoms with Crippen LogP contribution >= 0.6 is 0 Å². The number of hydrogen-bond acceptors (Lipinski definition) is 3. The molecule has 4 nitrogen and oxygen atoms in total. The first-order valence-electron chi connectivity index (χ1n) is 7.81. The zero-order chi connectivity index (χ0) is 17.3. The molecule has 0 aromatic heterocycles. The fraction of sp³-hybridized carbons (Fsp3) is 0.333. The van der Waals surface area contributed by atoms with Crippen LogP contribution in [0.3, 0.4) is 0 Å². The lowest BCUT2D eigenvalue weighted by molar-refractivity contribution is -0.521. The van der Waals surface area contributed by atoms with E-state index in [2.05, 4.69) is 0 Å². The predicted molar refractivity (Wildman–Crippen MR) is 86.3 cm³/mol. The minimum Gasteiger partial charge on any atom is -0.292 e. The van der Waals surface area contributed by atoms with Gasteiger partial charge in [0.2, 0.25) is 6.04 Å². The average Bonchev–Trinajstić information content (AvgIpc) is 2.96. The van der Waals surface area contributed by atoms with E-state index >= 15 is 0 Å². The summed E-state index contributed by atoms with van der Waals surface area (Å²) in [5, 5.41) is 11.4. The Morgan fingerprint density at radius 1 is 1.17 bits per heavy atom. The number of aryl methyl sites for hydroxylation is 1. The molecule has 2 aromatic carbocycles. The lowest BCUT2D eigenvalue weighted by Gasteiger charge is -2.16. The number of hydrogen-bond donors (Lipinski definition) is 0. The van der Waals surface area contributed by atoms with Crippen LogP contribution in [0.25, 0.3) is 0 Å². The fourth-order valence-electron chi connectivity index (χ4n) is 3.32. The van der Waals surface area contributed by atoms with Gasteiger partial charge in [0.1, 0.15) is 11.6 Å². The molecule has 0 radical (unpaired) electrons. The Labute approximate surface area is 138 Å². The van der Waals surface area contributed by atoms with E-state index in [0.29, 0.717) is 18.7 Å². The van der Waals surface area contributed by atoms with Crippen molar-refractivity contribution in [1.82, 2.24) is 4.90 Å². The highest BCUT2D eigenvalue weighted by atomic mass is 19.1. The first-order chi connectivity index (χ1) is 11.5. The molecule has 3 rings (SSSR count). The van der Waals surface area contributed by atoms with Gasteiger partial charge < -0.3 is 0 Å². The van der Waals surface area contributed by atoms with Crippen molar-refractivity contribution in [2.75, 3.05) is 13.1 Å². The summed E-state index contributed by atoms with van der Waals surface area (Å²) in [7, 11) is 0. The fourth-order valence-corrected chi connectivity index (χ4v) is 3.32. The van der Waals surface area contributed by atoms with Gasteiger partial charge in [-0.25, -0.2) is 8.78 Å². The van der Waals surface area contributed by atoms with Crippen LogP contribution in [0.15, 0.2) is 42.5 Å². The molecule has 1 aliphatic rings. The van der Waals surface area contributed by atoms with Crippen molar-refractivity contribution in [3.8, 4) is 0 Å². The highest BCUT2D eigenvalue weighted by molar-refractivity contribution is 5.31. The van der Waals surface area contributed by atoms with Gasteiger partial charge in [0.05, 0.1) is 12.5 Å². The molecule has 126 valence electrons. The zero-order valence-corrected chi connectivity index (χ0v) is 13.3. The number of benzene rings is 2. The highest BCUT2D eigenvalue weighted by Crippen LogP contribution is 2.33. The topological polar surface area (TPSA) is 46.4 Å². The molecule has 2 aromatic rings. The predicted octanol–water partition coefficient (Wildman–Crippen LogP) is 3.52. The lowest BCUT2D eigenvalue weighted by atomic mass is 9.93. The number of likely N-dealkylation sites (tertiary alicyclic amines) is 1. The van der Waals surface area contributed by atoms with Crippen LogP contribution in [-0.4, -0.2) is 29.0 Å². The molecule has 0 N–H and O–H groups in total. The normalized spacial score (nSPS) is 21.1. The Balaban J connectivity index is 1.86. The van der Waals surface area contributed by atoms with E-state index in [-0.39, 0.29) is 17.0 Å². The summed E-state index contributed by atoms with van der Waals surface area (Å²) in [4.78, 5) is 13.0. The maximum Gasteiger partial charge on any atom is 0.233 e. The van der Waals surface area contributed by atoms with Crippen molar-refractivity contribution >= 4 is 0 Å². The summed E-state index contributed by atoms with van der Waals surface area (Å²) in [5.74, 6) is -1.92. The molecular formula is C18H18F2N2O2. The summed E-state index contributed by atoms with van der Waals surface area (Å²) in [6.07, 6.45) is 0. The second kappa shape index (κ2) is 6.65. The lowest BCUT2D eigenvalue weighted by Crippen LogP contribution is -2.28. The Morgan fingerprint density at radius 3 is 2.54 bits per heavy atom. The van der Waals surface area contributed by atoms with Gasteiger partial charge in [0.15, 0.2) is 0 Å². The minimum atomic E-state index is -0.895. The van der Waals surface area contributed by atoms with Gasteiger partial charge in [-0.15, -0.1) is 0 Å². The molecule has 6 heteroatoms. The number of nitro groups is 1. The monoisotopic (exact) mass is 332 g/mol. The Morgan fingerprint density at radius 2 is 1.88 bits per heavy atom. The van der Waals surface area contributed by atoms with E-state index in [0.717, 1.165) is 11.6 Å². The number of rotatable bonds is 4.